The Morgan fingerprint density at radius 1 is 1.33 bits per heavy atom. The van der Waals surface area contributed by atoms with Crippen LogP contribution in [0.25, 0.3) is 6.08 Å². The molecule has 0 spiro atoms. The van der Waals surface area contributed by atoms with Crippen LogP contribution in [0.2, 0.25) is 5.02 Å². The molecule has 0 aliphatic heterocycles. The number of carbonyl (C=O) groups excluding carboxylic acids is 2. The van der Waals surface area contributed by atoms with Crippen LogP contribution in [-0.4, -0.2) is 25.0 Å². The minimum Gasteiger partial charge on any atom is -0.467 e. The molecule has 1 N–H and O–H groups in total. The Kier molecular flexibility index (Phi) is 6.96. The monoisotopic (exact) mass is 309 g/mol. The molecule has 0 fully saturated rings. The Hall–Kier alpha value is -1.81. The number of methoxy groups -OCH3 is 1. The van der Waals surface area contributed by atoms with Gasteiger partial charge in [-0.3, -0.25) is 4.79 Å². The summed E-state index contributed by atoms with van der Waals surface area (Å²) >= 11 is 6.00. The molecule has 1 rings (SSSR count). The van der Waals surface area contributed by atoms with E-state index in [0.717, 1.165) is 5.56 Å². The fourth-order valence-corrected chi connectivity index (χ4v) is 2.02. The molecule has 0 bridgehead atoms. The van der Waals surface area contributed by atoms with Crippen molar-refractivity contribution >= 4 is 29.6 Å². The van der Waals surface area contributed by atoms with Gasteiger partial charge in [-0.1, -0.05) is 43.6 Å². The molecule has 5 heteroatoms. The number of rotatable bonds is 6. The van der Waals surface area contributed by atoms with Crippen LogP contribution in [0.4, 0.5) is 0 Å². The smallest absolute Gasteiger partial charge is 0.328 e. The summed E-state index contributed by atoms with van der Waals surface area (Å²) in [5.74, 6) is -0.531. The van der Waals surface area contributed by atoms with Gasteiger partial charge in [0.1, 0.15) is 6.04 Å². The first-order chi connectivity index (χ1) is 9.93. The predicted octanol–water partition coefficient (Wildman–Crippen LogP) is 3.06. The van der Waals surface area contributed by atoms with Crippen LogP contribution in [-0.2, 0) is 14.3 Å². The van der Waals surface area contributed by atoms with Crippen molar-refractivity contribution in [2.24, 2.45) is 5.92 Å². The maximum atomic E-state index is 11.9. The number of esters is 1. The van der Waals surface area contributed by atoms with E-state index >= 15 is 0 Å². The lowest BCUT2D eigenvalue weighted by Crippen LogP contribution is -2.41. The van der Waals surface area contributed by atoms with Crippen LogP contribution in [0.1, 0.15) is 25.8 Å². The van der Waals surface area contributed by atoms with Crippen LogP contribution < -0.4 is 5.32 Å². The van der Waals surface area contributed by atoms with Gasteiger partial charge in [0.05, 0.1) is 7.11 Å². The quantitative estimate of drug-likeness (QED) is 0.649. The Balaban J connectivity index is 2.70. The second-order valence-corrected chi connectivity index (χ2v) is 5.48. The summed E-state index contributed by atoms with van der Waals surface area (Å²) in [5.41, 5.74) is 0.743. The number of nitrogens with one attached hydrogen (secondary N) is 1. The second-order valence-electron chi connectivity index (χ2n) is 5.07. The van der Waals surface area contributed by atoms with Crippen molar-refractivity contribution in [2.45, 2.75) is 26.3 Å². The molecule has 0 aliphatic rings. The van der Waals surface area contributed by atoms with Gasteiger partial charge in [-0.2, -0.15) is 0 Å². The van der Waals surface area contributed by atoms with Gasteiger partial charge < -0.3 is 10.1 Å². The Morgan fingerprint density at radius 3 is 2.57 bits per heavy atom. The lowest BCUT2D eigenvalue weighted by atomic mass is 10.0. The maximum Gasteiger partial charge on any atom is 0.328 e. The zero-order valence-electron chi connectivity index (χ0n) is 12.4. The Morgan fingerprint density at radius 2 is 2.00 bits per heavy atom. The van der Waals surface area contributed by atoms with Gasteiger partial charge in [0.2, 0.25) is 5.91 Å². The number of amides is 1. The van der Waals surface area contributed by atoms with E-state index in [4.69, 9.17) is 16.3 Å². The fourth-order valence-electron chi connectivity index (χ4n) is 1.82. The van der Waals surface area contributed by atoms with Gasteiger partial charge in [0.15, 0.2) is 0 Å². The van der Waals surface area contributed by atoms with E-state index in [2.05, 4.69) is 5.32 Å². The van der Waals surface area contributed by atoms with E-state index in [1.54, 1.807) is 18.2 Å². The number of halogens is 1. The molecule has 0 aliphatic carbocycles. The summed E-state index contributed by atoms with van der Waals surface area (Å²) in [4.78, 5) is 23.5. The van der Waals surface area contributed by atoms with Crippen LogP contribution in [0.15, 0.2) is 30.3 Å². The molecule has 0 saturated heterocycles. The zero-order valence-corrected chi connectivity index (χ0v) is 13.2. The lowest BCUT2D eigenvalue weighted by molar-refractivity contribution is -0.145. The largest absolute Gasteiger partial charge is 0.467 e. The van der Waals surface area contributed by atoms with Gasteiger partial charge in [-0.15, -0.1) is 0 Å². The topological polar surface area (TPSA) is 55.4 Å². The molecule has 0 heterocycles. The van der Waals surface area contributed by atoms with E-state index in [9.17, 15) is 9.59 Å². The normalized spacial score (nSPS) is 12.4. The molecule has 114 valence electrons. The molecule has 4 nitrogen and oxygen atoms in total. The van der Waals surface area contributed by atoms with E-state index in [0.29, 0.717) is 11.4 Å². The van der Waals surface area contributed by atoms with Crippen molar-refractivity contribution in [3.05, 3.63) is 40.9 Å². The molecule has 1 atom stereocenters. The highest BCUT2D eigenvalue weighted by molar-refractivity contribution is 6.32. The van der Waals surface area contributed by atoms with Crippen molar-refractivity contribution < 1.29 is 14.3 Å². The molecule has 0 unspecified atom stereocenters. The third-order valence-corrected chi connectivity index (χ3v) is 3.17. The Labute approximate surface area is 130 Å². The van der Waals surface area contributed by atoms with Gasteiger partial charge in [-0.25, -0.2) is 4.79 Å². The summed E-state index contributed by atoms with van der Waals surface area (Å²) in [7, 11) is 1.31. The highest BCUT2D eigenvalue weighted by atomic mass is 35.5. The summed E-state index contributed by atoms with van der Waals surface area (Å²) in [6.07, 6.45) is 3.50. The average Bonchev–Trinajstić information content (AvgIpc) is 2.44. The number of hydrogen-bond acceptors (Lipinski definition) is 3. The maximum absolute atomic E-state index is 11.9. The van der Waals surface area contributed by atoms with E-state index in [1.165, 1.54) is 13.2 Å². The van der Waals surface area contributed by atoms with Gasteiger partial charge in [-0.05, 0) is 30.0 Å². The van der Waals surface area contributed by atoms with Gasteiger partial charge in [0, 0.05) is 11.1 Å². The Bertz CT molecular complexity index is 526. The van der Waals surface area contributed by atoms with E-state index in [1.807, 2.05) is 26.0 Å². The molecule has 0 saturated carbocycles. The van der Waals surface area contributed by atoms with Crippen LogP contribution in [0.3, 0.4) is 0 Å². The molecular weight excluding hydrogens is 290 g/mol. The molecule has 21 heavy (non-hydrogen) atoms. The molecule has 1 aromatic carbocycles. The second kappa shape index (κ2) is 8.47. The van der Waals surface area contributed by atoms with Crippen LogP contribution in [0.5, 0.6) is 0 Å². The van der Waals surface area contributed by atoms with Crippen molar-refractivity contribution in [1.82, 2.24) is 5.32 Å². The first kappa shape index (κ1) is 17.2. The first-order valence-electron chi connectivity index (χ1n) is 6.75. The van der Waals surface area contributed by atoms with Crippen LogP contribution >= 0.6 is 11.6 Å². The summed E-state index contributed by atoms with van der Waals surface area (Å²) in [6.45, 7) is 3.95. The fraction of sp³-hybridized carbons (Fsp3) is 0.375. The third kappa shape index (κ3) is 6.00. The molecule has 1 amide bonds. The van der Waals surface area contributed by atoms with Crippen molar-refractivity contribution in [3.63, 3.8) is 0 Å². The number of ether oxygens (including phenoxy) is 1. The molecule has 0 radical (unpaired) electrons. The number of hydrogen-bond donors (Lipinski definition) is 1. The molecule has 0 aromatic heterocycles. The zero-order chi connectivity index (χ0) is 15.8. The SMILES string of the molecule is COC(=O)[C@H](CC(C)C)NC(=O)/C=C/c1ccccc1Cl. The standard InChI is InChI=1S/C16H20ClNO3/c1-11(2)10-14(16(20)21-3)18-15(19)9-8-12-6-4-5-7-13(12)17/h4-9,11,14H,10H2,1-3H3,(H,18,19)/b9-8+/t14-/m0/s1. The molecule has 1 aromatic rings. The summed E-state index contributed by atoms with van der Waals surface area (Å²) in [5, 5.41) is 3.21. The van der Waals surface area contributed by atoms with Crippen molar-refractivity contribution in [3.8, 4) is 0 Å². The van der Waals surface area contributed by atoms with E-state index in [-0.39, 0.29) is 11.8 Å². The first-order valence-corrected chi connectivity index (χ1v) is 7.12. The van der Waals surface area contributed by atoms with Crippen molar-refractivity contribution in [1.29, 1.82) is 0 Å². The minimum absolute atomic E-state index is 0.266. The third-order valence-electron chi connectivity index (χ3n) is 2.83. The summed E-state index contributed by atoms with van der Waals surface area (Å²) < 4.78 is 4.70. The minimum atomic E-state index is -0.640. The average molecular weight is 310 g/mol. The van der Waals surface area contributed by atoms with E-state index < -0.39 is 12.0 Å². The van der Waals surface area contributed by atoms with Crippen molar-refractivity contribution in [2.75, 3.05) is 7.11 Å². The highest BCUT2D eigenvalue weighted by Gasteiger charge is 2.21. The number of benzene rings is 1. The predicted molar refractivity (Wildman–Crippen MR) is 83.9 cm³/mol. The number of carbonyl (C=O) groups is 2. The summed E-state index contributed by atoms with van der Waals surface area (Å²) in [6, 6.07) is 6.56. The molecular formula is C16H20ClNO3. The van der Waals surface area contributed by atoms with Crippen LogP contribution in [0, 0.1) is 5.92 Å². The van der Waals surface area contributed by atoms with Gasteiger partial charge >= 0.3 is 5.97 Å². The van der Waals surface area contributed by atoms with Gasteiger partial charge in [0.25, 0.3) is 0 Å². The lowest BCUT2D eigenvalue weighted by Gasteiger charge is -2.17. The highest BCUT2D eigenvalue weighted by Crippen LogP contribution is 2.16.